The summed E-state index contributed by atoms with van der Waals surface area (Å²) in [5.74, 6) is 1.37. The predicted molar refractivity (Wildman–Crippen MR) is 99.4 cm³/mol. The standard InChI is InChI=1S/C19H19N5/c1-14-22-18(16-6-4-3-5-7-16)12-19(23-14)24-21-13-15-8-10-17(20-2)11-9-15/h3-13,20H,1-2H3,(H,22,23,24)/b21-13+. The Hall–Kier alpha value is -3.21. The molecule has 0 radical (unpaired) electrons. The normalized spacial score (nSPS) is 10.8. The third kappa shape index (κ3) is 3.95. The van der Waals surface area contributed by atoms with Crippen LogP contribution >= 0.6 is 0 Å². The summed E-state index contributed by atoms with van der Waals surface area (Å²) in [6, 6.07) is 19.9. The number of aryl methyl sites for hydroxylation is 1. The summed E-state index contributed by atoms with van der Waals surface area (Å²) in [4.78, 5) is 8.85. The highest BCUT2D eigenvalue weighted by Crippen LogP contribution is 2.19. The maximum absolute atomic E-state index is 4.48. The van der Waals surface area contributed by atoms with E-state index in [9.17, 15) is 0 Å². The van der Waals surface area contributed by atoms with Gasteiger partial charge in [-0.1, -0.05) is 42.5 Å². The second-order valence-corrected chi connectivity index (χ2v) is 5.29. The number of rotatable bonds is 5. The minimum Gasteiger partial charge on any atom is -0.388 e. The van der Waals surface area contributed by atoms with Crippen molar-refractivity contribution in [2.45, 2.75) is 6.92 Å². The van der Waals surface area contributed by atoms with Gasteiger partial charge in [0, 0.05) is 24.4 Å². The van der Waals surface area contributed by atoms with E-state index >= 15 is 0 Å². The minimum absolute atomic E-state index is 0.671. The first kappa shape index (κ1) is 15.7. The molecule has 120 valence electrons. The zero-order valence-corrected chi connectivity index (χ0v) is 13.7. The van der Waals surface area contributed by atoms with Gasteiger partial charge in [0.1, 0.15) is 11.6 Å². The monoisotopic (exact) mass is 317 g/mol. The van der Waals surface area contributed by atoms with Crippen LogP contribution in [-0.4, -0.2) is 23.2 Å². The molecule has 0 aliphatic rings. The zero-order valence-electron chi connectivity index (χ0n) is 13.7. The van der Waals surface area contributed by atoms with E-state index in [1.807, 2.05) is 74.6 Å². The molecule has 1 heterocycles. The zero-order chi connectivity index (χ0) is 16.8. The summed E-state index contributed by atoms with van der Waals surface area (Å²) >= 11 is 0. The van der Waals surface area contributed by atoms with Gasteiger partial charge in [-0.2, -0.15) is 5.10 Å². The number of aromatic nitrogens is 2. The highest BCUT2D eigenvalue weighted by molar-refractivity contribution is 5.80. The largest absolute Gasteiger partial charge is 0.388 e. The highest BCUT2D eigenvalue weighted by Gasteiger charge is 2.03. The maximum atomic E-state index is 4.48. The van der Waals surface area contributed by atoms with E-state index in [0.29, 0.717) is 11.6 Å². The average molecular weight is 317 g/mol. The second kappa shape index (κ2) is 7.37. The molecule has 24 heavy (non-hydrogen) atoms. The van der Waals surface area contributed by atoms with Crippen LogP contribution in [-0.2, 0) is 0 Å². The van der Waals surface area contributed by atoms with Crippen LogP contribution in [0, 0.1) is 6.92 Å². The summed E-state index contributed by atoms with van der Waals surface area (Å²) in [6.07, 6.45) is 1.76. The molecule has 0 saturated carbocycles. The van der Waals surface area contributed by atoms with Gasteiger partial charge in [0.25, 0.3) is 0 Å². The quantitative estimate of drug-likeness (QED) is 0.553. The number of benzene rings is 2. The van der Waals surface area contributed by atoms with Crippen molar-refractivity contribution in [2.24, 2.45) is 5.10 Å². The lowest BCUT2D eigenvalue weighted by Gasteiger charge is -2.05. The van der Waals surface area contributed by atoms with Crippen molar-refractivity contribution in [1.82, 2.24) is 9.97 Å². The molecule has 0 fully saturated rings. The molecule has 3 rings (SSSR count). The van der Waals surface area contributed by atoms with E-state index in [1.54, 1.807) is 6.21 Å². The second-order valence-electron chi connectivity index (χ2n) is 5.29. The molecule has 5 nitrogen and oxygen atoms in total. The molecule has 2 N–H and O–H groups in total. The molecular formula is C19H19N5. The summed E-state index contributed by atoms with van der Waals surface area (Å²) in [6.45, 7) is 1.87. The van der Waals surface area contributed by atoms with Crippen LogP contribution in [0.2, 0.25) is 0 Å². The first-order chi connectivity index (χ1) is 11.7. The molecule has 0 saturated heterocycles. The van der Waals surface area contributed by atoms with Crippen molar-refractivity contribution < 1.29 is 0 Å². The van der Waals surface area contributed by atoms with Gasteiger partial charge in [-0.3, -0.25) is 5.43 Å². The van der Waals surface area contributed by atoms with Gasteiger partial charge in [0.15, 0.2) is 0 Å². The SMILES string of the molecule is CNc1ccc(/C=N/Nc2cc(-c3ccccc3)nc(C)n2)cc1. The van der Waals surface area contributed by atoms with Crippen LogP contribution in [0.3, 0.4) is 0 Å². The van der Waals surface area contributed by atoms with Crippen molar-refractivity contribution in [1.29, 1.82) is 0 Å². The molecule has 5 heteroatoms. The van der Waals surface area contributed by atoms with Crippen molar-refractivity contribution in [3.63, 3.8) is 0 Å². The molecule has 0 atom stereocenters. The first-order valence-corrected chi connectivity index (χ1v) is 7.72. The van der Waals surface area contributed by atoms with Crippen LogP contribution in [0.1, 0.15) is 11.4 Å². The molecule has 1 aromatic heterocycles. The smallest absolute Gasteiger partial charge is 0.150 e. The number of hydrogen-bond donors (Lipinski definition) is 2. The summed E-state index contributed by atoms with van der Waals surface area (Å²) in [7, 11) is 1.90. The Labute approximate surface area is 141 Å². The number of nitrogens with one attached hydrogen (secondary N) is 2. The molecule has 0 unspecified atom stereocenters. The summed E-state index contributed by atoms with van der Waals surface area (Å²) in [5, 5.41) is 7.34. The van der Waals surface area contributed by atoms with Gasteiger partial charge >= 0.3 is 0 Å². The molecule has 0 aliphatic heterocycles. The lowest BCUT2D eigenvalue weighted by molar-refractivity contribution is 1.05. The third-order valence-electron chi connectivity index (χ3n) is 3.50. The third-order valence-corrected chi connectivity index (χ3v) is 3.50. The predicted octanol–water partition coefficient (Wildman–Crippen LogP) is 3.94. The lowest BCUT2D eigenvalue weighted by Crippen LogP contribution is -1.99. The molecule has 2 aromatic carbocycles. The Kier molecular flexibility index (Phi) is 4.81. The molecule has 0 bridgehead atoms. The fraction of sp³-hybridized carbons (Fsp3) is 0.105. The molecular weight excluding hydrogens is 298 g/mol. The fourth-order valence-electron chi connectivity index (χ4n) is 2.29. The van der Waals surface area contributed by atoms with E-state index in [4.69, 9.17) is 0 Å². The van der Waals surface area contributed by atoms with Crippen molar-refractivity contribution >= 4 is 17.7 Å². The van der Waals surface area contributed by atoms with Gasteiger partial charge in [-0.25, -0.2) is 9.97 Å². The van der Waals surface area contributed by atoms with E-state index in [1.165, 1.54) is 0 Å². The van der Waals surface area contributed by atoms with Gasteiger partial charge in [-0.15, -0.1) is 0 Å². The van der Waals surface area contributed by atoms with Crippen LogP contribution in [0.4, 0.5) is 11.5 Å². The number of nitrogens with zero attached hydrogens (tertiary/aromatic N) is 3. The van der Waals surface area contributed by atoms with E-state index in [0.717, 1.165) is 22.5 Å². The average Bonchev–Trinajstić information content (AvgIpc) is 2.63. The highest BCUT2D eigenvalue weighted by atomic mass is 15.3. The van der Waals surface area contributed by atoms with Crippen molar-refractivity contribution in [3.8, 4) is 11.3 Å². The van der Waals surface area contributed by atoms with E-state index < -0.39 is 0 Å². The molecule has 0 amide bonds. The number of anilines is 2. The Morgan fingerprint density at radius 2 is 1.71 bits per heavy atom. The number of hydrazone groups is 1. The van der Waals surface area contributed by atoms with Gasteiger partial charge in [0.2, 0.25) is 0 Å². The Bertz CT molecular complexity index is 826. The summed E-state index contributed by atoms with van der Waals surface area (Å²) in [5.41, 5.74) is 6.98. The molecule has 0 aliphatic carbocycles. The Balaban J connectivity index is 1.75. The Morgan fingerprint density at radius 1 is 0.958 bits per heavy atom. The van der Waals surface area contributed by atoms with Crippen molar-refractivity contribution in [2.75, 3.05) is 17.8 Å². The topological polar surface area (TPSA) is 62.2 Å². The Morgan fingerprint density at radius 3 is 2.42 bits per heavy atom. The minimum atomic E-state index is 0.671. The van der Waals surface area contributed by atoms with Crippen molar-refractivity contribution in [3.05, 3.63) is 72.1 Å². The van der Waals surface area contributed by atoms with Crippen LogP contribution in [0.15, 0.2) is 65.8 Å². The summed E-state index contributed by atoms with van der Waals surface area (Å²) < 4.78 is 0. The van der Waals surface area contributed by atoms with Gasteiger partial charge in [-0.05, 0) is 24.6 Å². The molecule has 3 aromatic rings. The first-order valence-electron chi connectivity index (χ1n) is 7.72. The van der Waals surface area contributed by atoms with Crippen LogP contribution in [0.25, 0.3) is 11.3 Å². The maximum Gasteiger partial charge on any atom is 0.150 e. The van der Waals surface area contributed by atoms with Gasteiger partial charge < -0.3 is 5.32 Å². The number of hydrogen-bond acceptors (Lipinski definition) is 5. The van der Waals surface area contributed by atoms with E-state index in [-0.39, 0.29) is 0 Å². The van der Waals surface area contributed by atoms with E-state index in [2.05, 4.69) is 25.8 Å². The molecule has 0 spiro atoms. The van der Waals surface area contributed by atoms with Crippen LogP contribution < -0.4 is 10.7 Å². The fourth-order valence-corrected chi connectivity index (χ4v) is 2.29. The van der Waals surface area contributed by atoms with Gasteiger partial charge in [0.05, 0.1) is 11.9 Å². The lowest BCUT2D eigenvalue weighted by atomic mass is 10.1. The van der Waals surface area contributed by atoms with Crippen LogP contribution in [0.5, 0.6) is 0 Å².